The van der Waals surface area contributed by atoms with Crippen LogP contribution in [-0.4, -0.2) is 29.7 Å². The molecule has 1 aliphatic heterocycles. The normalized spacial score (nSPS) is 16.3. The second kappa shape index (κ2) is 7.57. The number of hydrogen-bond acceptors (Lipinski definition) is 2. The Morgan fingerprint density at radius 2 is 1.47 bits per heavy atom. The maximum absolute atomic E-state index is 11.5. The number of hydrogen-bond donors (Lipinski definition) is 0. The Morgan fingerprint density at radius 3 is 1.82 bits per heavy atom. The molecule has 0 aromatic rings. The summed E-state index contributed by atoms with van der Waals surface area (Å²) >= 11 is 0. The topological polar surface area (TPSA) is 29.5 Å². The van der Waals surface area contributed by atoms with E-state index in [-0.39, 0.29) is 11.7 Å². The first kappa shape index (κ1) is 16.3. The maximum atomic E-state index is 11.5. The highest BCUT2D eigenvalue weighted by molar-refractivity contribution is 5.68. The maximum Gasteiger partial charge on any atom is 0.410 e. The molecular formula is C14H29NO2. The third-order valence-electron chi connectivity index (χ3n) is 2.01. The van der Waals surface area contributed by atoms with Gasteiger partial charge in [-0.05, 0) is 46.0 Å². The molecule has 0 aromatic carbocycles. The quantitative estimate of drug-likeness (QED) is 0.642. The molecule has 1 aliphatic rings. The summed E-state index contributed by atoms with van der Waals surface area (Å²) in [7, 11) is 0. The number of rotatable bonds is 0. The van der Waals surface area contributed by atoms with Crippen molar-refractivity contribution >= 4 is 6.09 Å². The van der Waals surface area contributed by atoms with E-state index in [4.69, 9.17) is 4.74 Å². The Morgan fingerprint density at radius 1 is 1.06 bits per heavy atom. The predicted octanol–water partition coefficient (Wildman–Crippen LogP) is 4.07. The Kier molecular flexibility index (Phi) is 7.24. The van der Waals surface area contributed by atoms with Crippen LogP contribution >= 0.6 is 0 Å². The largest absolute Gasteiger partial charge is 0.444 e. The van der Waals surface area contributed by atoms with Gasteiger partial charge in [-0.3, -0.25) is 0 Å². The Hall–Kier alpha value is -0.730. The van der Waals surface area contributed by atoms with Gasteiger partial charge in [0.2, 0.25) is 0 Å². The Balaban J connectivity index is 0.000000557. The van der Waals surface area contributed by atoms with Crippen molar-refractivity contribution in [1.82, 2.24) is 4.90 Å². The van der Waals surface area contributed by atoms with Gasteiger partial charge in [0.25, 0.3) is 0 Å². The number of piperidine rings is 1. The lowest BCUT2D eigenvalue weighted by Gasteiger charge is -2.29. The molecule has 0 atom stereocenters. The molecule has 1 saturated heterocycles. The minimum Gasteiger partial charge on any atom is -0.444 e. The van der Waals surface area contributed by atoms with E-state index in [0.29, 0.717) is 0 Å². The Bertz CT molecular complexity index is 210. The highest BCUT2D eigenvalue weighted by Gasteiger charge is 2.22. The van der Waals surface area contributed by atoms with Crippen molar-refractivity contribution in [2.75, 3.05) is 13.1 Å². The van der Waals surface area contributed by atoms with Gasteiger partial charge < -0.3 is 9.64 Å². The highest BCUT2D eigenvalue weighted by atomic mass is 16.6. The van der Waals surface area contributed by atoms with Gasteiger partial charge in [-0.25, -0.2) is 4.79 Å². The van der Waals surface area contributed by atoms with Gasteiger partial charge in [-0.2, -0.15) is 0 Å². The molecule has 1 rings (SSSR count). The third-order valence-corrected chi connectivity index (χ3v) is 2.01. The molecule has 3 nitrogen and oxygen atoms in total. The van der Waals surface area contributed by atoms with Gasteiger partial charge in [0.15, 0.2) is 0 Å². The van der Waals surface area contributed by atoms with E-state index in [1.807, 2.05) is 20.8 Å². The zero-order valence-corrected chi connectivity index (χ0v) is 12.4. The fraction of sp³-hybridized carbons (Fsp3) is 0.929. The molecule has 0 N–H and O–H groups in total. The van der Waals surface area contributed by atoms with E-state index >= 15 is 0 Å². The minimum atomic E-state index is -0.367. The number of nitrogens with zero attached hydrogens (tertiary/aromatic N) is 1. The molecule has 102 valence electrons. The monoisotopic (exact) mass is 243 g/mol. The van der Waals surface area contributed by atoms with E-state index in [2.05, 4.69) is 20.8 Å². The van der Waals surface area contributed by atoms with Crippen LogP contribution in [0.4, 0.5) is 4.79 Å². The number of ether oxygens (including phenoxy) is 1. The summed E-state index contributed by atoms with van der Waals surface area (Å²) in [5.74, 6) is 0.833. The van der Waals surface area contributed by atoms with Crippen molar-refractivity contribution in [3.05, 3.63) is 0 Å². The Labute approximate surface area is 107 Å². The number of likely N-dealkylation sites (tertiary alicyclic amines) is 1. The van der Waals surface area contributed by atoms with Crippen LogP contribution in [0.5, 0.6) is 0 Å². The molecule has 1 amide bonds. The van der Waals surface area contributed by atoms with E-state index < -0.39 is 0 Å². The molecule has 0 aliphatic carbocycles. The van der Waals surface area contributed by atoms with Crippen LogP contribution in [0.25, 0.3) is 0 Å². The molecule has 1 heterocycles. The summed E-state index contributed by atoms with van der Waals surface area (Å²) in [4.78, 5) is 13.3. The van der Waals surface area contributed by atoms with E-state index in [1.165, 1.54) is 6.42 Å². The molecule has 3 heteroatoms. The fourth-order valence-electron chi connectivity index (χ4n) is 1.40. The van der Waals surface area contributed by atoms with Crippen molar-refractivity contribution in [2.45, 2.75) is 66.4 Å². The summed E-state index contributed by atoms with van der Waals surface area (Å²) in [6.07, 6.45) is 3.30. The first-order valence-corrected chi connectivity index (χ1v) is 6.70. The summed E-state index contributed by atoms with van der Waals surface area (Å²) in [5, 5.41) is 0. The van der Waals surface area contributed by atoms with E-state index in [0.717, 1.165) is 31.8 Å². The SMILES string of the molecule is CC(C)(C)OC(=O)N1CCCCC1.CC(C)C. The van der Waals surface area contributed by atoms with E-state index in [9.17, 15) is 4.79 Å². The van der Waals surface area contributed by atoms with Crippen LogP contribution < -0.4 is 0 Å². The highest BCUT2D eigenvalue weighted by Crippen LogP contribution is 2.14. The number of amides is 1. The van der Waals surface area contributed by atoms with Crippen LogP contribution in [0.3, 0.4) is 0 Å². The van der Waals surface area contributed by atoms with Crippen LogP contribution in [0.2, 0.25) is 0 Å². The van der Waals surface area contributed by atoms with Crippen LogP contribution in [0.1, 0.15) is 60.8 Å². The zero-order chi connectivity index (χ0) is 13.5. The lowest BCUT2D eigenvalue weighted by molar-refractivity contribution is 0.0216. The second-order valence-corrected chi connectivity index (χ2v) is 6.26. The first-order chi connectivity index (χ1) is 7.72. The molecule has 0 unspecified atom stereocenters. The molecule has 1 fully saturated rings. The van der Waals surface area contributed by atoms with Crippen molar-refractivity contribution < 1.29 is 9.53 Å². The number of carbonyl (C=O) groups excluding carboxylic acids is 1. The molecule has 0 bridgehead atoms. The van der Waals surface area contributed by atoms with Crippen LogP contribution in [0.15, 0.2) is 0 Å². The minimum absolute atomic E-state index is 0.160. The van der Waals surface area contributed by atoms with Crippen molar-refractivity contribution in [2.24, 2.45) is 5.92 Å². The average Bonchev–Trinajstić information content (AvgIpc) is 2.15. The standard InChI is InChI=1S/C10H19NO2.C4H10/c1-10(2,3)13-9(12)11-7-5-4-6-8-11;1-4(2)3/h4-8H2,1-3H3;4H,1-3H3. The van der Waals surface area contributed by atoms with Gasteiger partial charge in [0.1, 0.15) is 5.60 Å². The predicted molar refractivity (Wildman–Crippen MR) is 72.2 cm³/mol. The molecule has 0 spiro atoms. The summed E-state index contributed by atoms with van der Waals surface area (Å²) in [6.45, 7) is 13.9. The van der Waals surface area contributed by atoms with Gasteiger partial charge in [0.05, 0.1) is 0 Å². The zero-order valence-electron chi connectivity index (χ0n) is 12.4. The summed E-state index contributed by atoms with van der Waals surface area (Å²) in [6, 6.07) is 0. The molecule has 0 radical (unpaired) electrons. The van der Waals surface area contributed by atoms with Crippen molar-refractivity contribution in [3.8, 4) is 0 Å². The lowest BCUT2D eigenvalue weighted by Crippen LogP contribution is -2.39. The second-order valence-electron chi connectivity index (χ2n) is 6.26. The fourth-order valence-corrected chi connectivity index (χ4v) is 1.40. The van der Waals surface area contributed by atoms with Crippen molar-refractivity contribution in [3.63, 3.8) is 0 Å². The summed E-state index contributed by atoms with van der Waals surface area (Å²) < 4.78 is 5.26. The molecule has 0 saturated carbocycles. The van der Waals surface area contributed by atoms with Crippen molar-refractivity contribution in [1.29, 1.82) is 0 Å². The van der Waals surface area contributed by atoms with Gasteiger partial charge in [-0.15, -0.1) is 0 Å². The molecular weight excluding hydrogens is 214 g/mol. The molecule has 0 aromatic heterocycles. The van der Waals surface area contributed by atoms with Gasteiger partial charge in [0, 0.05) is 13.1 Å². The summed E-state index contributed by atoms with van der Waals surface area (Å²) in [5.41, 5.74) is -0.367. The van der Waals surface area contributed by atoms with Gasteiger partial charge in [-0.1, -0.05) is 20.8 Å². The van der Waals surface area contributed by atoms with Crippen LogP contribution in [-0.2, 0) is 4.74 Å². The lowest BCUT2D eigenvalue weighted by atomic mass is 10.1. The third kappa shape index (κ3) is 10.2. The van der Waals surface area contributed by atoms with Gasteiger partial charge >= 0.3 is 6.09 Å². The van der Waals surface area contributed by atoms with E-state index in [1.54, 1.807) is 4.90 Å². The average molecular weight is 243 g/mol. The smallest absolute Gasteiger partial charge is 0.410 e. The first-order valence-electron chi connectivity index (χ1n) is 6.70. The number of carbonyl (C=O) groups is 1. The van der Waals surface area contributed by atoms with Crippen LogP contribution in [0, 0.1) is 5.92 Å². The molecule has 17 heavy (non-hydrogen) atoms.